The number of carbonyl (C=O) groups excluding carboxylic acids is 1. The van der Waals surface area contributed by atoms with Crippen LogP contribution in [0.1, 0.15) is 0 Å². The quantitative estimate of drug-likeness (QED) is 0.679. The van der Waals surface area contributed by atoms with Crippen molar-refractivity contribution < 1.29 is 13.9 Å². The number of ether oxygens (including phenoxy) is 1. The van der Waals surface area contributed by atoms with Gasteiger partial charge in [-0.2, -0.15) is 0 Å². The van der Waals surface area contributed by atoms with Gasteiger partial charge in [-0.05, 0) is 12.1 Å². The van der Waals surface area contributed by atoms with Crippen LogP contribution in [0.25, 0.3) is 0 Å². The molecule has 26 heavy (non-hydrogen) atoms. The zero-order chi connectivity index (χ0) is 18.2. The monoisotopic (exact) mass is 360 g/mol. The van der Waals surface area contributed by atoms with E-state index in [0.717, 1.165) is 18.9 Å². The lowest BCUT2D eigenvalue weighted by Crippen LogP contribution is -2.36. The number of amides is 2. The predicted molar refractivity (Wildman–Crippen MR) is 97.0 cm³/mol. The maximum atomic E-state index is 13.5. The van der Waals surface area contributed by atoms with Crippen LogP contribution in [0.15, 0.2) is 36.7 Å². The van der Waals surface area contributed by atoms with E-state index in [0.29, 0.717) is 32.1 Å². The van der Waals surface area contributed by atoms with E-state index in [1.165, 1.54) is 18.5 Å². The number of benzene rings is 1. The fraction of sp³-hybridized carbons (Fsp3) is 0.353. The van der Waals surface area contributed by atoms with Crippen LogP contribution in [-0.4, -0.2) is 55.4 Å². The average molecular weight is 360 g/mol. The molecule has 2 heterocycles. The molecule has 0 unspecified atom stereocenters. The number of nitrogens with zero attached hydrogens (tertiary/aromatic N) is 3. The van der Waals surface area contributed by atoms with Gasteiger partial charge in [0.25, 0.3) is 0 Å². The van der Waals surface area contributed by atoms with Crippen LogP contribution in [0.2, 0.25) is 0 Å². The summed E-state index contributed by atoms with van der Waals surface area (Å²) in [6.07, 6.45) is 1.51. The summed E-state index contributed by atoms with van der Waals surface area (Å²) in [4.78, 5) is 22.4. The minimum absolute atomic E-state index is 0.143. The molecule has 2 aromatic rings. The Morgan fingerprint density at radius 1 is 1.19 bits per heavy atom. The highest BCUT2D eigenvalue weighted by molar-refractivity contribution is 5.89. The average Bonchev–Trinajstić information content (AvgIpc) is 2.68. The van der Waals surface area contributed by atoms with Crippen LogP contribution in [0.5, 0.6) is 0 Å². The first-order valence-electron chi connectivity index (χ1n) is 8.40. The number of rotatable bonds is 6. The number of morpholine rings is 1. The van der Waals surface area contributed by atoms with Gasteiger partial charge in [-0.3, -0.25) is 0 Å². The molecule has 8 nitrogen and oxygen atoms in total. The lowest BCUT2D eigenvalue weighted by Gasteiger charge is -2.27. The molecule has 3 rings (SSSR count). The van der Waals surface area contributed by atoms with Crippen molar-refractivity contribution in [2.75, 3.05) is 54.9 Å². The number of para-hydroxylation sites is 1. The molecular formula is C17H21FN6O2. The molecule has 0 saturated carbocycles. The van der Waals surface area contributed by atoms with E-state index in [4.69, 9.17) is 4.74 Å². The Labute approximate surface area is 150 Å². The normalized spacial score (nSPS) is 14.0. The summed E-state index contributed by atoms with van der Waals surface area (Å²) >= 11 is 0. The minimum atomic E-state index is -0.475. The highest BCUT2D eigenvalue weighted by Gasteiger charge is 2.13. The summed E-state index contributed by atoms with van der Waals surface area (Å²) in [6.45, 7) is 3.81. The second-order valence-corrected chi connectivity index (χ2v) is 5.65. The third-order valence-electron chi connectivity index (χ3n) is 3.83. The Kier molecular flexibility index (Phi) is 6.15. The first kappa shape index (κ1) is 17.9. The Bertz CT molecular complexity index is 739. The zero-order valence-corrected chi connectivity index (χ0v) is 14.2. The first-order chi connectivity index (χ1) is 12.7. The molecular weight excluding hydrogens is 339 g/mol. The molecule has 0 atom stereocenters. The topological polar surface area (TPSA) is 91.4 Å². The summed E-state index contributed by atoms with van der Waals surface area (Å²) in [6, 6.07) is 7.41. The number of halogens is 1. The van der Waals surface area contributed by atoms with Gasteiger partial charge in [0, 0.05) is 32.2 Å². The summed E-state index contributed by atoms with van der Waals surface area (Å²) in [5.41, 5.74) is 0.143. The molecule has 3 N–H and O–H groups in total. The van der Waals surface area contributed by atoms with Crippen LogP contribution in [0, 0.1) is 5.82 Å². The van der Waals surface area contributed by atoms with Gasteiger partial charge in [-0.25, -0.2) is 19.2 Å². The predicted octanol–water partition coefficient (Wildman–Crippen LogP) is 1.69. The Balaban J connectivity index is 1.42. The minimum Gasteiger partial charge on any atom is -0.378 e. The van der Waals surface area contributed by atoms with Gasteiger partial charge < -0.3 is 25.6 Å². The molecule has 0 radical (unpaired) electrons. The molecule has 138 valence electrons. The Morgan fingerprint density at radius 2 is 2.00 bits per heavy atom. The molecule has 1 aromatic carbocycles. The van der Waals surface area contributed by atoms with Crippen molar-refractivity contribution >= 4 is 23.4 Å². The van der Waals surface area contributed by atoms with Crippen molar-refractivity contribution in [3.63, 3.8) is 0 Å². The van der Waals surface area contributed by atoms with E-state index in [1.807, 2.05) is 6.07 Å². The standard InChI is InChI=1S/C17H21FN6O2/c18-13-3-1-2-4-14(13)23-17(25)20-6-5-19-15-11-16(22-12-21-15)24-7-9-26-10-8-24/h1-4,11-12H,5-10H2,(H,19,21,22)(H2,20,23,25). The maximum Gasteiger partial charge on any atom is 0.319 e. The van der Waals surface area contributed by atoms with Crippen molar-refractivity contribution in [1.29, 1.82) is 0 Å². The van der Waals surface area contributed by atoms with Crippen molar-refractivity contribution in [3.8, 4) is 0 Å². The number of hydrogen-bond acceptors (Lipinski definition) is 6. The molecule has 1 aliphatic rings. The number of nitrogens with one attached hydrogen (secondary N) is 3. The van der Waals surface area contributed by atoms with Crippen LogP contribution in [0.4, 0.5) is 26.5 Å². The van der Waals surface area contributed by atoms with Crippen LogP contribution in [0.3, 0.4) is 0 Å². The van der Waals surface area contributed by atoms with Gasteiger partial charge in [0.2, 0.25) is 0 Å². The second kappa shape index (κ2) is 8.95. The Morgan fingerprint density at radius 3 is 2.81 bits per heavy atom. The van der Waals surface area contributed by atoms with E-state index < -0.39 is 11.8 Å². The van der Waals surface area contributed by atoms with Gasteiger partial charge in [0.15, 0.2) is 0 Å². The van der Waals surface area contributed by atoms with E-state index in [1.54, 1.807) is 12.1 Å². The summed E-state index contributed by atoms with van der Waals surface area (Å²) in [5, 5.41) is 8.25. The first-order valence-corrected chi connectivity index (χ1v) is 8.40. The smallest absolute Gasteiger partial charge is 0.319 e. The number of carbonyl (C=O) groups is 1. The van der Waals surface area contributed by atoms with E-state index in [2.05, 4.69) is 30.8 Å². The fourth-order valence-corrected chi connectivity index (χ4v) is 2.50. The molecule has 9 heteroatoms. The molecule has 0 bridgehead atoms. The molecule has 2 amide bonds. The lowest BCUT2D eigenvalue weighted by molar-refractivity contribution is 0.122. The van der Waals surface area contributed by atoms with Gasteiger partial charge >= 0.3 is 6.03 Å². The van der Waals surface area contributed by atoms with E-state index in [9.17, 15) is 9.18 Å². The summed E-state index contributed by atoms with van der Waals surface area (Å²) < 4.78 is 18.8. The number of hydrogen-bond donors (Lipinski definition) is 3. The van der Waals surface area contributed by atoms with E-state index >= 15 is 0 Å². The summed E-state index contributed by atoms with van der Waals surface area (Å²) in [7, 11) is 0. The molecule has 1 fully saturated rings. The van der Waals surface area contributed by atoms with Crippen molar-refractivity contribution in [2.24, 2.45) is 0 Å². The van der Waals surface area contributed by atoms with Crippen LogP contribution >= 0.6 is 0 Å². The van der Waals surface area contributed by atoms with Crippen molar-refractivity contribution in [2.45, 2.75) is 0 Å². The highest BCUT2D eigenvalue weighted by atomic mass is 19.1. The molecule has 0 aliphatic carbocycles. The highest BCUT2D eigenvalue weighted by Crippen LogP contribution is 2.15. The number of aromatic nitrogens is 2. The van der Waals surface area contributed by atoms with Crippen molar-refractivity contribution in [1.82, 2.24) is 15.3 Å². The largest absolute Gasteiger partial charge is 0.378 e. The Hall–Kier alpha value is -2.94. The molecule has 0 spiro atoms. The van der Waals surface area contributed by atoms with E-state index in [-0.39, 0.29) is 5.69 Å². The zero-order valence-electron chi connectivity index (χ0n) is 14.2. The SMILES string of the molecule is O=C(NCCNc1cc(N2CCOCC2)ncn1)Nc1ccccc1F. The molecule has 1 aliphatic heterocycles. The second-order valence-electron chi connectivity index (χ2n) is 5.65. The molecule has 1 aromatic heterocycles. The lowest BCUT2D eigenvalue weighted by atomic mass is 10.3. The van der Waals surface area contributed by atoms with Crippen LogP contribution < -0.4 is 20.9 Å². The third kappa shape index (κ3) is 5.03. The maximum absolute atomic E-state index is 13.5. The van der Waals surface area contributed by atoms with Gasteiger partial charge in [-0.1, -0.05) is 12.1 Å². The van der Waals surface area contributed by atoms with Gasteiger partial charge in [0.05, 0.1) is 18.9 Å². The fourth-order valence-electron chi connectivity index (χ4n) is 2.50. The van der Waals surface area contributed by atoms with Crippen LogP contribution in [-0.2, 0) is 4.74 Å². The number of urea groups is 1. The third-order valence-corrected chi connectivity index (χ3v) is 3.83. The van der Waals surface area contributed by atoms with Crippen molar-refractivity contribution in [3.05, 3.63) is 42.5 Å². The molecule has 1 saturated heterocycles. The summed E-state index contributed by atoms with van der Waals surface area (Å²) in [5.74, 6) is 1.05. The van der Waals surface area contributed by atoms with Gasteiger partial charge in [-0.15, -0.1) is 0 Å². The van der Waals surface area contributed by atoms with Gasteiger partial charge in [0.1, 0.15) is 23.8 Å². The number of anilines is 3.